The minimum Gasteiger partial charge on any atom is -0.497 e. The molecule has 1 N–H and O–H groups in total. The van der Waals surface area contributed by atoms with Gasteiger partial charge in [-0.05, 0) is 48.4 Å². The first-order valence-electron chi connectivity index (χ1n) is 6.87. The maximum atomic E-state index is 12.2. The van der Waals surface area contributed by atoms with Gasteiger partial charge < -0.3 is 10.1 Å². The summed E-state index contributed by atoms with van der Waals surface area (Å²) in [6, 6.07) is 5.95. The van der Waals surface area contributed by atoms with Gasteiger partial charge in [0, 0.05) is 11.6 Å². The molecule has 0 spiro atoms. The van der Waals surface area contributed by atoms with E-state index in [4.69, 9.17) is 4.74 Å². The number of hydrogen-bond acceptors (Lipinski definition) is 2. The lowest BCUT2D eigenvalue weighted by Gasteiger charge is -2.25. The Balaban J connectivity index is 2.19. The van der Waals surface area contributed by atoms with Crippen molar-refractivity contribution in [2.75, 3.05) is 7.11 Å². The van der Waals surface area contributed by atoms with Crippen LogP contribution < -0.4 is 10.1 Å². The van der Waals surface area contributed by atoms with Crippen LogP contribution in [0.15, 0.2) is 18.2 Å². The van der Waals surface area contributed by atoms with E-state index in [1.54, 1.807) is 7.11 Å². The molecule has 1 heterocycles. The lowest BCUT2D eigenvalue weighted by atomic mass is 9.86. The van der Waals surface area contributed by atoms with Crippen LogP contribution in [0.25, 0.3) is 0 Å². The lowest BCUT2D eigenvalue weighted by molar-refractivity contribution is 0.0929. The smallest absolute Gasteiger partial charge is 0.251 e. The standard InChI is InChI=1S/C16H23NO2/c1-16(2,3)10-12-6-5-11-9-13(19-4)7-8-14(11)15(18)17-12/h7-9,12H,5-6,10H2,1-4H3,(H,17,18). The number of benzene rings is 1. The molecule has 1 aromatic carbocycles. The summed E-state index contributed by atoms with van der Waals surface area (Å²) >= 11 is 0. The number of amides is 1. The van der Waals surface area contributed by atoms with Crippen LogP contribution >= 0.6 is 0 Å². The van der Waals surface area contributed by atoms with Gasteiger partial charge in [-0.2, -0.15) is 0 Å². The maximum absolute atomic E-state index is 12.2. The highest BCUT2D eigenvalue weighted by Gasteiger charge is 2.25. The van der Waals surface area contributed by atoms with Crippen molar-refractivity contribution in [3.05, 3.63) is 29.3 Å². The normalized spacial score (nSPS) is 19.4. The van der Waals surface area contributed by atoms with Crippen molar-refractivity contribution >= 4 is 5.91 Å². The second-order valence-electron chi connectivity index (χ2n) is 6.50. The number of carbonyl (C=O) groups excluding carboxylic acids is 1. The summed E-state index contributed by atoms with van der Waals surface area (Å²) in [5, 5.41) is 3.15. The highest BCUT2D eigenvalue weighted by atomic mass is 16.5. The molecule has 19 heavy (non-hydrogen) atoms. The van der Waals surface area contributed by atoms with Crippen LogP contribution in [0, 0.1) is 5.41 Å². The van der Waals surface area contributed by atoms with E-state index in [0.717, 1.165) is 36.1 Å². The van der Waals surface area contributed by atoms with Gasteiger partial charge in [-0.25, -0.2) is 0 Å². The van der Waals surface area contributed by atoms with E-state index >= 15 is 0 Å². The number of nitrogens with one attached hydrogen (secondary N) is 1. The predicted molar refractivity (Wildman–Crippen MR) is 76.6 cm³/mol. The Labute approximate surface area is 115 Å². The topological polar surface area (TPSA) is 38.3 Å². The van der Waals surface area contributed by atoms with E-state index in [-0.39, 0.29) is 17.4 Å². The van der Waals surface area contributed by atoms with Gasteiger partial charge in [-0.1, -0.05) is 20.8 Å². The molecule has 0 radical (unpaired) electrons. The molecular formula is C16H23NO2. The number of ether oxygens (including phenoxy) is 1. The molecule has 0 saturated carbocycles. The van der Waals surface area contributed by atoms with Gasteiger partial charge in [0.05, 0.1) is 7.11 Å². The van der Waals surface area contributed by atoms with E-state index in [9.17, 15) is 4.79 Å². The molecule has 1 aliphatic heterocycles. The van der Waals surface area contributed by atoms with Gasteiger partial charge in [0.1, 0.15) is 5.75 Å². The van der Waals surface area contributed by atoms with Crippen molar-refractivity contribution in [1.29, 1.82) is 0 Å². The third kappa shape index (κ3) is 3.49. The van der Waals surface area contributed by atoms with Crippen LogP contribution in [-0.2, 0) is 6.42 Å². The summed E-state index contributed by atoms with van der Waals surface area (Å²) < 4.78 is 5.23. The number of rotatable bonds is 2. The molecule has 0 aromatic heterocycles. The monoisotopic (exact) mass is 261 g/mol. The number of aryl methyl sites for hydroxylation is 1. The third-order valence-corrected chi connectivity index (χ3v) is 3.51. The Hall–Kier alpha value is -1.51. The molecule has 3 nitrogen and oxygen atoms in total. The molecule has 1 atom stereocenters. The Kier molecular flexibility index (Phi) is 3.83. The Morgan fingerprint density at radius 1 is 1.37 bits per heavy atom. The number of methoxy groups -OCH3 is 1. The molecule has 0 aliphatic carbocycles. The van der Waals surface area contributed by atoms with Crippen LogP contribution in [0.1, 0.15) is 49.5 Å². The van der Waals surface area contributed by atoms with E-state index < -0.39 is 0 Å². The van der Waals surface area contributed by atoms with Crippen molar-refractivity contribution in [1.82, 2.24) is 5.32 Å². The van der Waals surface area contributed by atoms with Crippen LogP contribution in [-0.4, -0.2) is 19.1 Å². The zero-order chi connectivity index (χ0) is 14.0. The second kappa shape index (κ2) is 5.24. The fourth-order valence-electron chi connectivity index (χ4n) is 2.68. The van der Waals surface area contributed by atoms with Gasteiger partial charge in [-0.3, -0.25) is 4.79 Å². The van der Waals surface area contributed by atoms with Crippen molar-refractivity contribution in [3.63, 3.8) is 0 Å². The minimum absolute atomic E-state index is 0.0457. The van der Waals surface area contributed by atoms with Crippen LogP contribution in [0.3, 0.4) is 0 Å². The molecule has 1 aromatic rings. The van der Waals surface area contributed by atoms with Crippen LogP contribution in [0.4, 0.5) is 0 Å². The summed E-state index contributed by atoms with van der Waals surface area (Å²) in [7, 11) is 1.65. The summed E-state index contributed by atoms with van der Waals surface area (Å²) in [6.07, 6.45) is 2.92. The second-order valence-corrected chi connectivity index (χ2v) is 6.50. The summed E-state index contributed by atoms with van der Waals surface area (Å²) in [6.45, 7) is 6.63. The first kappa shape index (κ1) is 13.9. The predicted octanol–water partition coefficient (Wildman–Crippen LogP) is 3.18. The SMILES string of the molecule is COc1ccc2c(c1)CCC(CC(C)(C)C)NC2=O. The van der Waals surface area contributed by atoms with Gasteiger partial charge in [0.25, 0.3) is 5.91 Å². The zero-order valence-electron chi connectivity index (χ0n) is 12.2. The molecule has 1 unspecified atom stereocenters. The average molecular weight is 261 g/mol. The molecular weight excluding hydrogens is 238 g/mol. The summed E-state index contributed by atoms with van der Waals surface area (Å²) in [5.74, 6) is 0.866. The molecule has 0 bridgehead atoms. The fourth-order valence-corrected chi connectivity index (χ4v) is 2.68. The zero-order valence-corrected chi connectivity index (χ0v) is 12.2. The highest BCUT2D eigenvalue weighted by molar-refractivity contribution is 5.96. The van der Waals surface area contributed by atoms with Crippen molar-refractivity contribution in [2.24, 2.45) is 5.41 Å². The van der Waals surface area contributed by atoms with Crippen LogP contribution in [0.2, 0.25) is 0 Å². The van der Waals surface area contributed by atoms with Crippen molar-refractivity contribution < 1.29 is 9.53 Å². The number of carbonyl (C=O) groups is 1. The number of fused-ring (bicyclic) bond motifs is 1. The molecule has 0 fully saturated rings. The van der Waals surface area contributed by atoms with Gasteiger partial charge >= 0.3 is 0 Å². The maximum Gasteiger partial charge on any atom is 0.251 e. The van der Waals surface area contributed by atoms with Crippen LogP contribution in [0.5, 0.6) is 5.75 Å². The van der Waals surface area contributed by atoms with E-state index in [1.807, 2.05) is 18.2 Å². The van der Waals surface area contributed by atoms with Gasteiger partial charge in [-0.15, -0.1) is 0 Å². The number of hydrogen-bond donors (Lipinski definition) is 1. The average Bonchev–Trinajstić information content (AvgIpc) is 2.47. The quantitative estimate of drug-likeness (QED) is 0.888. The molecule has 2 rings (SSSR count). The van der Waals surface area contributed by atoms with Crippen molar-refractivity contribution in [2.45, 2.75) is 46.1 Å². The Morgan fingerprint density at radius 3 is 2.74 bits per heavy atom. The lowest BCUT2D eigenvalue weighted by Crippen LogP contribution is -2.36. The molecule has 104 valence electrons. The highest BCUT2D eigenvalue weighted by Crippen LogP contribution is 2.27. The van der Waals surface area contributed by atoms with E-state index in [1.165, 1.54) is 0 Å². The van der Waals surface area contributed by atoms with Crippen molar-refractivity contribution in [3.8, 4) is 5.75 Å². The Morgan fingerprint density at radius 2 is 2.11 bits per heavy atom. The first-order valence-corrected chi connectivity index (χ1v) is 6.87. The minimum atomic E-state index is 0.0457. The van der Waals surface area contributed by atoms with Gasteiger partial charge in [0.2, 0.25) is 0 Å². The largest absolute Gasteiger partial charge is 0.497 e. The molecule has 3 heteroatoms. The summed E-state index contributed by atoms with van der Waals surface area (Å²) in [4.78, 5) is 12.2. The molecule has 0 saturated heterocycles. The van der Waals surface area contributed by atoms with Gasteiger partial charge in [0.15, 0.2) is 0 Å². The summed E-state index contributed by atoms with van der Waals surface area (Å²) in [5.41, 5.74) is 2.11. The third-order valence-electron chi connectivity index (χ3n) is 3.51. The van der Waals surface area contributed by atoms with E-state index in [0.29, 0.717) is 0 Å². The van der Waals surface area contributed by atoms with E-state index in [2.05, 4.69) is 26.1 Å². The first-order chi connectivity index (χ1) is 8.89. The molecule has 1 aliphatic rings. The fraction of sp³-hybridized carbons (Fsp3) is 0.562. The molecule has 1 amide bonds. The Bertz CT molecular complexity index is 474.